The van der Waals surface area contributed by atoms with Crippen LogP contribution in [0, 0.1) is 5.92 Å². The van der Waals surface area contributed by atoms with E-state index in [2.05, 4.69) is 18.7 Å². The van der Waals surface area contributed by atoms with Crippen LogP contribution < -0.4 is 0 Å². The second-order valence-corrected chi connectivity index (χ2v) is 6.55. The summed E-state index contributed by atoms with van der Waals surface area (Å²) in [7, 11) is 0. The number of carbonyl (C=O) groups is 2. The fraction of sp³-hybridized carbons (Fsp3) is 0.556. The molecule has 0 aliphatic carbocycles. The number of aromatic carboxylic acids is 1. The minimum atomic E-state index is -5.08. The Morgan fingerprint density at radius 2 is 1.93 bits per heavy atom. The van der Waals surface area contributed by atoms with Gasteiger partial charge in [0.1, 0.15) is 0 Å². The zero-order valence-electron chi connectivity index (χ0n) is 15.2. The van der Waals surface area contributed by atoms with Crippen LogP contribution in [0.25, 0.3) is 0 Å². The Labute approximate surface area is 155 Å². The van der Waals surface area contributed by atoms with Crippen molar-refractivity contribution in [3.05, 3.63) is 35.4 Å². The predicted octanol–water partition coefficient (Wildman–Crippen LogP) is 3.27. The van der Waals surface area contributed by atoms with Crippen molar-refractivity contribution in [3.8, 4) is 0 Å². The van der Waals surface area contributed by atoms with E-state index >= 15 is 0 Å². The van der Waals surface area contributed by atoms with E-state index in [1.54, 1.807) is 12.1 Å². The summed E-state index contributed by atoms with van der Waals surface area (Å²) < 4.78 is 37.6. The first-order valence-corrected chi connectivity index (χ1v) is 8.47. The molecule has 0 bridgehead atoms. The number of carboxylic acid groups (broad SMARTS) is 2. The number of carboxylic acids is 2. The third-order valence-electron chi connectivity index (χ3n) is 3.95. The maximum absolute atomic E-state index is 11.0. The summed E-state index contributed by atoms with van der Waals surface area (Å²) in [5.74, 6) is -3.13. The maximum Gasteiger partial charge on any atom is 0.490 e. The van der Waals surface area contributed by atoms with Gasteiger partial charge in [0.2, 0.25) is 0 Å². The van der Waals surface area contributed by atoms with Gasteiger partial charge in [-0.15, -0.1) is 0 Å². The Balaban J connectivity index is 0.000000445. The van der Waals surface area contributed by atoms with Crippen LogP contribution in [-0.2, 0) is 16.1 Å². The summed E-state index contributed by atoms with van der Waals surface area (Å²) in [5.41, 5.74) is 1.41. The molecular formula is C18H24F3NO5. The highest BCUT2D eigenvalue weighted by Gasteiger charge is 2.38. The van der Waals surface area contributed by atoms with E-state index in [1.165, 1.54) is 0 Å². The van der Waals surface area contributed by atoms with Gasteiger partial charge in [-0.2, -0.15) is 13.2 Å². The summed E-state index contributed by atoms with van der Waals surface area (Å²) in [4.78, 5) is 22.3. The van der Waals surface area contributed by atoms with Crippen molar-refractivity contribution in [2.24, 2.45) is 5.92 Å². The molecule has 1 saturated heterocycles. The van der Waals surface area contributed by atoms with Gasteiger partial charge in [0, 0.05) is 26.2 Å². The molecule has 1 aliphatic rings. The monoisotopic (exact) mass is 391 g/mol. The number of alkyl halides is 3. The molecule has 2 rings (SSSR count). The molecule has 1 aliphatic heterocycles. The number of hydrogen-bond donors (Lipinski definition) is 2. The van der Waals surface area contributed by atoms with E-state index in [1.807, 2.05) is 12.1 Å². The molecular weight excluding hydrogens is 367 g/mol. The Morgan fingerprint density at radius 3 is 2.44 bits per heavy atom. The first kappa shape index (κ1) is 22.9. The number of nitrogens with zero attached hydrogens (tertiary/aromatic N) is 1. The van der Waals surface area contributed by atoms with Crippen LogP contribution in [-0.4, -0.2) is 59.0 Å². The highest BCUT2D eigenvalue weighted by molar-refractivity contribution is 5.87. The minimum absolute atomic E-state index is 0.264. The number of ether oxygens (including phenoxy) is 1. The smallest absolute Gasteiger partial charge is 0.478 e. The van der Waals surface area contributed by atoms with Crippen molar-refractivity contribution in [2.75, 3.05) is 19.7 Å². The number of halogens is 3. The molecule has 9 heteroatoms. The molecule has 0 amide bonds. The van der Waals surface area contributed by atoms with E-state index in [0.29, 0.717) is 11.5 Å². The molecule has 0 spiro atoms. The summed E-state index contributed by atoms with van der Waals surface area (Å²) in [6.07, 6.45) is -3.79. The van der Waals surface area contributed by atoms with E-state index in [0.717, 1.165) is 38.2 Å². The normalized spacial score (nSPS) is 18.4. The Hall–Kier alpha value is -2.13. The van der Waals surface area contributed by atoms with E-state index in [4.69, 9.17) is 19.7 Å². The summed E-state index contributed by atoms with van der Waals surface area (Å²) in [5, 5.41) is 16.2. The van der Waals surface area contributed by atoms with Crippen molar-refractivity contribution in [3.63, 3.8) is 0 Å². The predicted molar refractivity (Wildman–Crippen MR) is 91.6 cm³/mol. The summed E-state index contributed by atoms with van der Waals surface area (Å²) in [6, 6.07) is 7.20. The van der Waals surface area contributed by atoms with Crippen molar-refractivity contribution in [1.82, 2.24) is 4.90 Å². The molecule has 1 heterocycles. The van der Waals surface area contributed by atoms with Gasteiger partial charge in [-0.1, -0.05) is 26.0 Å². The van der Waals surface area contributed by atoms with Gasteiger partial charge in [-0.3, -0.25) is 4.90 Å². The Kier molecular flexibility index (Phi) is 8.71. The lowest BCUT2D eigenvalue weighted by atomic mass is 10.1. The fourth-order valence-electron chi connectivity index (χ4n) is 2.53. The standard InChI is InChI=1S/C16H23NO3.C2HF3O2/c1-12(2)15-11-17(7-4-8-20-15)10-13-5-3-6-14(9-13)16(18)19;3-2(4,5)1(6)7/h3,5-6,9,12,15H,4,7-8,10-11H2,1-2H3,(H,18,19);(H,6,7). The number of benzene rings is 1. The lowest BCUT2D eigenvalue weighted by Crippen LogP contribution is -2.34. The van der Waals surface area contributed by atoms with E-state index in [9.17, 15) is 18.0 Å². The molecule has 1 atom stereocenters. The minimum Gasteiger partial charge on any atom is -0.478 e. The van der Waals surface area contributed by atoms with Crippen molar-refractivity contribution in [2.45, 2.75) is 39.1 Å². The summed E-state index contributed by atoms with van der Waals surface area (Å²) >= 11 is 0. The molecule has 152 valence electrons. The van der Waals surface area contributed by atoms with Crippen molar-refractivity contribution in [1.29, 1.82) is 0 Å². The molecule has 6 nitrogen and oxygen atoms in total. The largest absolute Gasteiger partial charge is 0.490 e. The van der Waals surface area contributed by atoms with Gasteiger partial charge in [0.15, 0.2) is 0 Å². The van der Waals surface area contributed by atoms with Crippen LogP contribution in [0.5, 0.6) is 0 Å². The molecule has 1 fully saturated rings. The highest BCUT2D eigenvalue weighted by atomic mass is 19.4. The highest BCUT2D eigenvalue weighted by Crippen LogP contribution is 2.16. The molecule has 1 aromatic rings. The zero-order chi connectivity index (χ0) is 20.6. The second-order valence-electron chi connectivity index (χ2n) is 6.55. The lowest BCUT2D eigenvalue weighted by molar-refractivity contribution is -0.192. The van der Waals surface area contributed by atoms with Crippen LogP contribution in [0.2, 0.25) is 0 Å². The van der Waals surface area contributed by atoms with Crippen molar-refractivity contribution >= 4 is 11.9 Å². The molecule has 1 unspecified atom stereocenters. The molecule has 0 radical (unpaired) electrons. The maximum atomic E-state index is 11.0. The number of rotatable bonds is 4. The van der Waals surface area contributed by atoms with Gasteiger partial charge in [-0.05, 0) is 30.0 Å². The molecule has 2 N–H and O–H groups in total. The molecule has 27 heavy (non-hydrogen) atoms. The van der Waals surface area contributed by atoms with Crippen LogP contribution >= 0.6 is 0 Å². The third kappa shape index (κ3) is 8.40. The van der Waals surface area contributed by atoms with Crippen molar-refractivity contribution < 1.29 is 37.7 Å². The topological polar surface area (TPSA) is 87.1 Å². The lowest BCUT2D eigenvalue weighted by Gasteiger charge is -2.26. The molecule has 0 aromatic heterocycles. The van der Waals surface area contributed by atoms with Crippen LogP contribution in [0.1, 0.15) is 36.2 Å². The average Bonchev–Trinajstić information content (AvgIpc) is 2.80. The third-order valence-corrected chi connectivity index (χ3v) is 3.95. The second kappa shape index (κ2) is 10.3. The number of hydrogen-bond acceptors (Lipinski definition) is 4. The van der Waals surface area contributed by atoms with Gasteiger partial charge in [0.25, 0.3) is 0 Å². The first-order valence-electron chi connectivity index (χ1n) is 8.47. The zero-order valence-corrected chi connectivity index (χ0v) is 15.2. The molecule has 0 saturated carbocycles. The first-order chi connectivity index (χ1) is 12.5. The van der Waals surface area contributed by atoms with Gasteiger partial charge >= 0.3 is 18.1 Å². The van der Waals surface area contributed by atoms with Crippen LogP contribution in [0.3, 0.4) is 0 Å². The van der Waals surface area contributed by atoms with E-state index in [-0.39, 0.29) is 6.10 Å². The Bertz CT molecular complexity index is 634. The SMILES string of the molecule is CC(C)C1CN(Cc2cccc(C(=O)O)c2)CCCO1.O=C(O)C(F)(F)F. The van der Waals surface area contributed by atoms with Gasteiger partial charge in [0.05, 0.1) is 11.7 Å². The summed E-state index contributed by atoms with van der Waals surface area (Å²) in [6.45, 7) is 7.87. The molecule has 1 aromatic carbocycles. The Morgan fingerprint density at radius 1 is 1.30 bits per heavy atom. The van der Waals surface area contributed by atoms with Crippen LogP contribution in [0.15, 0.2) is 24.3 Å². The average molecular weight is 391 g/mol. The fourth-order valence-corrected chi connectivity index (χ4v) is 2.53. The van der Waals surface area contributed by atoms with E-state index < -0.39 is 18.1 Å². The van der Waals surface area contributed by atoms with Crippen LogP contribution in [0.4, 0.5) is 13.2 Å². The quantitative estimate of drug-likeness (QED) is 0.819. The van der Waals surface area contributed by atoms with Gasteiger partial charge < -0.3 is 14.9 Å². The van der Waals surface area contributed by atoms with Gasteiger partial charge in [-0.25, -0.2) is 9.59 Å². The number of aliphatic carboxylic acids is 1.